The molecule has 0 aliphatic rings. The Labute approximate surface area is 128 Å². The van der Waals surface area contributed by atoms with E-state index in [1.807, 2.05) is 54.9 Å². The van der Waals surface area contributed by atoms with Gasteiger partial charge in [0.05, 0.1) is 16.2 Å². The summed E-state index contributed by atoms with van der Waals surface area (Å²) in [4.78, 5) is 10.6. The molecule has 3 aromatic rings. The Morgan fingerprint density at radius 3 is 2.45 bits per heavy atom. The van der Waals surface area contributed by atoms with Crippen LogP contribution >= 0.6 is 0 Å². The highest BCUT2D eigenvalue weighted by Crippen LogP contribution is 2.28. The monoisotopic (exact) mass is 294 g/mol. The van der Waals surface area contributed by atoms with Gasteiger partial charge in [-0.25, -0.2) is 0 Å². The van der Waals surface area contributed by atoms with Gasteiger partial charge in [0, 0.05) is 31.2 Å². The highest BCUT2D eigenvalue weighted by molar-refractivity contribution is 5.69. The summed E-state index contributed by atoms with van der Waals surface area (Å²) in [5.41, 5.74) is 4.96. The minimum atomic E-state index is -0.369. The molecular weight excluding hydrogens is 278 g/mol. The van der Waals surface area contributed by atoms with Gasteiger partial charge >= 0.3 is 0 Å². The van der Waals surface area contributed by atoms with Crippen LogP contribution in [-0.2, 0) is 0 Å². The average Bonchev–Trinajstić information content (AvgIpc) is 2.83. The average molecular weight is 294 g/mol. The molecule has 5 heteroatoms. The third-order valence-electron chi connectivity index (χ3n) is 3.71. The molecular formula is C17H16N3O2+. The van der Waals surface area contributed by atoms with E-state index in [0.717, 1.165) is 28.2 Å². The number of nitrogens with one attached hydrogen (secondary N) is 1. The summed E-state index contributed by atoms with van der Waals surface area (Å²) < 4.78 is 1.99. The summed E-state index contributed by atoms with van der Waals surface area (Å²) in [7, 11) is 0. The molecule has 0 unspecified atom stereocenters. The number of benzene rings is 2. The highest BCUT2D eigenvalue weighted by Gasteiger charge is 2.23. The van der Waals surface area contributed by atoms with Crippen LogP contribution in [0.25, 0.3) is 16.8 Å². The van der Waals surface area contributed by atoms with Gasteiger partial charge in [-0.3, -0.25) is 10.1 Å². The minimum absolute atomic E-state index is 0.101. The molecule has 1 aromatic heterocycles. The maximum atomic E-state index is 11.0. The summed E-state index contributed by atoms with van der Waals surface area (Å²) >= 11 is 0. The van der Waals surface area contributed by atoms with Crippen molar-refractivity contribution in [1.29, 1.82) is 0 Å². The Morgan fingerprint density at radius 2 is 1.77 bits per heavy atom. The number of nitro benzene ring substituents is 1. The first-order valence-corrected chi connectivity index (χ1v) is 6.99. The Hall–Kier alpha value is -2.95. The molecule has 2 aromatic carbocycles. The van der Waals surface area contributed by atoms with E-state index in [0.29, 0.717) is 0 Å². The number of H-pyrrole nitrogens is 1. The number of rotatable bonds is 3. The molecule has 0 radical (unpaired) electrons. The van der Waals surface area contributed by atoms with Crippen LogP contribution in [0.4, 0.5) is 5.69 Å². The molecule has 110 valence electrons. The fourth-order valence-corrected chi connectivity index (χ4v) is 2.73. The minimum Gasteiger partial charge on any atom is -0.258 e. The van der Waals surface area contributed by atoms with Crippen molar-refractivity contribution < 1.29 is 9.61 Å². The second kappa shape index (κ2) is 5.44. The van der Waals surface area contributed by atoms with Crippen molar-refractivity contribution in [3.05, 3.63) is 76.1 Å². The molecule has 0 saturated carbocycles. The lowest BCUT2D eigenvalue weighted by Gasteiger charge is -1.99. The van der Waals surface area contributed by atoms with Gasteiger partial charge < -0.3 is 0 Å². The molecule has 1 N–H and O–H groups in total. The lowest BCUT2D eigenvalue weighted by atomic mass is 10.0. The van der Waals surface area contributed by atoms with Gasteiger partial charge in [-0.15, -0.1) is 0 Å². The van der Waals surface area contributed by atoms with Gasteiger partial charge in [-0.2, -0.15) is 5.10 Å². The fourth-order valence-electron chi connectivity index (χ4n) is 2.73. The quantitative estimate of drug-likeness (QED) is 0.456. The molecule has 1 heterocycles. The van der Waals surface area contributed by atoms with E-state index in [2.05, 4.69) is 5.10 Å². The molecule has 0 spiro atoms. The maximum Gasteiger partial charge on any atom is 0.270 e. The molecule has 0 atom stereocenters. The lowest BCUT2D eigenvalue weighted by Crippen LogP contribution is -2.35. The van der Waals surface area contributed by atoms with E-state index in [1.165, 1.54) is 6.07 Å². The van der Waals surface area contributed by atoms with Crippen LogP contribution in [0.3, 0.4) is 0 Å². The Kier molecular flexibility index (Phi) is 3.47. The summed E-state index contributed by atoms with van der Waals surface area (Å²) in [6, 6.07) is 16.7. The number of aryl methyl sites for hydroxylation is 1. The first kappa shape index (κ1) is 14.0. The van der Waals surface area contributed by atoms with Crippen LogP contribution in [0.1, 0.15) is 11.4 Å². The molecule has 0 aliphatic carbocycles. The summed E-state index contributed by atoms with van der Waals surface area (Å²) in [6.07, 6.45) is 0. The Morgan fingerprint density at radius 1 is 1.05 bits per heavy atom. The van der Waals surface area contributed by atoms with Crippen molar-refractivity contribution in [3.8, 4) is 16.8 Å². The standard InChI is InChI=1S/C17H15N3O2/c1-12-17(14-7-6-10-16(11-14)20(21)22)13(2)19(18-12)15-8-4-3-5-9-15/h3-11H,1-2H3/p+1. The van der Waals surface area contributed by atoms with Crippen molar-refractivity contribution in [2.75, 3.05) is 0 Å². The van der Waals surface area contributed by atoms with Crippen LogP contribution in [0.5, 0.6) is 0 Å². The predicted molar refractivity (Wildman–Crippen MR) is 83.9 cm³/mol. The summed E-state index contributed by atoms with van der Waals surface area (Å²) in [6.45, 7) is 3.98. The van der Waals surface area contributed by atoms with Crippen molar-refractivity contribution >= 4 is 5.69 Å². The summed E-state index contributed by atoms with van der Waals surface area (Å²) in [5, 5.41) is 14.3. The molecule has 0 bridgehead atoms. The van der Waals surface area contributed by atoms with E-state index < -0.39 is 0 Å². The SMILES string of the molecule is Cc1[nH][n+](-c2ccccc2)c(C)c1-c1cccc([N+](=O)[O-])c1. The number of hydrogen-bond donors (Lipinski definition) is 1. The van der Waals surface area contributed by atoms with E-state index in [1.54, 1.807) is 12.1 Å². The van der Waals surface area contributed by atoms with Crippen LogP contribution in [0.15, 0.2) is 54.6 Å². The maximum absolute atomic E-state index is 11.0. The topological polar surface area (TPSA) is 62.8 Å². The number of nitro groups is 1. The van der Waals surface area contributed by atoms with Gasteiger partial charge in [0.15, 0.2) is 0 Å². The van der Waals surface area contributed by atoms with Gasteiger partial charge in [-0.1, -0.05) is 35.0 Å². The van der Waals surface area contributed by atoms with Gasteiger partial charge in [0.1, 0.15) is 0 Å². The van der Waals surface area contributed by atoms with E-state index in [-0.39, 0.29) is 10.6 Å². The third kappa shape index (κ3) is 2.37. The smallest absolute Gasteiger partial charge is 0.258 e. The normalized spacial score (nSPS) is 10.6. The molecule has 5 nitrogen and oxygen atoms in total. The second-order valence-electron chi connectivity index (χ2n) is 5.18. The first-order chi connectivity index (χ1) is 10.6. The van der Waals surface area contributed by atoms with Crippen molar-refractivity contribution in [3.63, 3.8) is 0 Å². The predicted octanol–water partition coefficient (Wildman–Crippen LogP) is 3.48. The van der Waals surface area contributed by atoms with Crippen LogP contribution in [0.2, 0.25) is 0 Å². The largest absolute Gasteiger partial charge is 0.270 e. The molecule has 22 heavy (non-hydrogen) atoms. The van der Waals surface area contributed by atoms with Crippen LogP contribution in [-0.4, -0.2) is 10.0 Å². The number of aromatic amines is 1. The number of hydrogen-bond acceptors (Lipinski definition) is 2. The number of non-ortho nitro benzene ring substituents is 1. The molecule has 3 rings (SSSR count). The van der Waals surface area contributed by atoms with Crippen molar-refractivity contribution in [2.45, 2.75) is 13.8 Å². The van der Waals surface area contributed by atoms with Crippen molar-refractivity contribution in [2.24, 2.45) is 0 Å². The number of para-hydroxylation sites is 1. The van der Waals surface area contributed by atoms with E-state index >= 15 is 0 Å². The fraction of sp³-hybridized carbons (Fsp3) is 0.118. The zero-order valence-corrected chi connectivity index (χ0v) is 12.4. The second-order valence-corrected chi connectivity index (χ2v) is 5.18. The zero-order chi connectivity index (χ0) is 15.7. The Balaban J connectivity index is 2.15. The highest BCUT2D eigenvalue weighted by atomic mass is 16.6. The van der Waals surface area contributed by atoms with E-state index in [9.17, 15) is 10.1 Å². The third-order valence-corrected chi connectivity index (χ3v) is 3.71. The number of aromatic nitrogens is 2. The van der Waals surface area contributed by atoms with E-state index in [4.69, 9.17) is 0 Å². The van der Waals surface area contributed by atoms with Gasteiger partial charge in [0.25, 0.3) is 5.69 Å². The molecule has 0 amide bonds. The molecule has 0 aliphatic heterocycles. The number of nitrogens with zero attached hydrogens (tertiary/aromatic N) is 2. The Bertz CT molecular complexity index is 838. The van der Waals surface area contributed by atoms with Crippen LogP contribution in [0, 0.1) is 24.0 Å². The van der Waals surface area contributed by atoms with Crippen molar-refractivity contribution in [1.82, 2.24) is 5.10 Å². The lowest BCUT2D eigenvalue weighted by molar-refractivity contribution is -0.661. The van der Waals surface area contributed by atoms with Gasteiger partial charge in [-0.05, 0) is 12.5 Å². The van der Waals surface area contributed by atoms with Crippen LogP contribution < -0.4 is 4.68 Å². The summed E-state index contributed by atoms with van der Waals surface area (Å²) in [5.74, 6) is 0. The zero-order valence-electron chi connectivity index (χ0n) is 12.4. The molecule has 0 fully saturated rings. The van der Waals surface area contributed by atoms with Gasteiger partial charge in [0.2, 0.25) is 11.4 Å². The molecule has 0 saturated heterocycles. The first-order valence-electron chi connectivity index (χ1n) is 6.99.